The first-order chi connectivity index (χ1) is 12.5. The number of rotatable bonds is 6. The number of carbonyl (C=O) groups is 1. The van der Waals surface area contributed by atoms with Crippen molar-refractivity contribution in [3.8, 4) is 0 Å². The highest BCUT2D eigenvalue weighted by Gasteiger charge is 2.26. The number of hydrogen-bond donors (Lipinski definition) is 0. The van der Waals surface area contributed by atoms with E-state index in [1.54, 1.807) is 36.1 Å². The Labute approximate surface area is 151 Å². The zero-order valence-electron chi connectivity index (χ0n) is 14.5. The number of hydrogen-bond acceptors (Lipinski definition) is 3. The second kappa shape index (κ2) is 8.08. The molecule has 2 aromatic carbocycles. The van der Waals surface area contributed by atoms with Crippen LogP contribution in [-0.2, 0) is 16.2 Å². The molecule has 0 fully saturated rings. The van der Waals surface area contributed by atoms with Crippen LogP contribution in [-0.4, -0.2) is 29.2 Å². The maximum absolute atomic E-state index is 13.1. The minimum Gasteiger partial charge on any atom is -0.390 e. The van der Waals surface area contributed by atoms with Gasteiger partial charge < -0.3 is 9.74 Å². The van der Waals surface area contributed by atoms with Gasteiger partial charge in [-0.05, 0) is 35.4 Å². The van der Waals surface area contributed by atoms with Gasteiger partial charge in [-0.3, -0.25) is 4.79 Å². The minimum atomic E-state index is -0.307. The fourth-order valence-corrected chi connectivity index (χ4v) is 2.87. The lowest BCUT2D eigenvalue weighted by molar-refractivity contribution is -0.133. The molecule has 0 aliphatic carbocycles. The first-order valence-electron chi connectivity index (χ1n) is 8.56. The summed E-state index contributed by atoms with van der Waals surface area (Å²) in [7, 11) is 0. The maximum Gasteiger partial charge on any atom is 0.222 e. The van der Waals surface area contributed by atoms with Gasteiger partial charge in [0.15, 0.2) is 6.10 Å². The third-order valence-electron chi connectivity index (χ3n) is 4.28. The van der Waals surface area contributed by atoms with Crippen LogP contribution < -0.4 is 0 Å². The molecule has 26 heavy (non-hydrogen) atoms. The van der Waals surface area contributed by atoms with E-state index in [1.165, 1.54) is 24.3 Å². The third-order valence-corrected chi connectivity index (χ3v) is 4.28. The average molecular weight is 358 g/mol. The summed E-state index contributed by atoms with van der Waals surface area (Å²) in [6.45, 7) is 2.58. The van der Waals surface area contributed by atoms with Crippen LogP contribution in [0.4, 0.5) is 8.78 Å². The minimum absolute atomic E-state index is 0.00634. The van der Waals surface area contributed by atoms with E-state index in [-0.39, 0.29) is 23.6 Å². The quantitative estimate of drug-likeness (QED) is 0.786. The van der Waals surface area contributed by atoms with Crippen LogP contribution in [0.5, 0.6) is 0 Å². The topological polar surface area (TPSA) is 41.9 Å². The predicted octanol–water partition coefficient (Wildman–Crippen LogP) is 3.90. The molecule has 1 atom stereocenters. The summed E-state index contributed by atoms with van der Waals surface area (Å²) in [5.74, 6) is -0.615. The molecule has 1 aliphatic heterocycles. The van der Waals surface area contributed by atoms with Crippen molar-refractivity contribution < 1.29 is 18.4 Å². The molecule has 0 aromatic heterocycles. The van der Waals surface area contributed by atoms with Gasteiger partial charge in [-0.25, -0.2) is 8.78 Å². The van der Waals surface area contributed by atoms with E-state index in [0.29, 0.717) is 25.9 Å². The van der Waals surface area contributed by atoms with E-state index in [4.69, 9.17) is 4.84 Å². The molecule has 0 N–H and O–H groups in total. The van der Waals surface area contributed by atoms with Crippen LogP contribution in [0.2, 0.25) is 0 Å². The molecule has 0 saturated heterocycles. The molecular weight excluding hydrogens is 338 g/mol. The van der Waals surface area contributed by atoms with Gasteiger partial charge >= 0.3 is 0 Å². The SMILES string of the molecule is CCC(=O)N(Cc1ccc(F)cc1)CC1CC(c2ccc(F)cc2)=NO1. The lowest BCUT2D eigenvalue weighted by Crippen LogP contribution is -2.36. The molecule has 0 radical (unpaired) electrons. The Bertz CT molecular complexity index is 788. The van der Waals surface area contributed by atoms with E-state index in [2.05, 4.69) is 5.16 Å². The van der Waals surface area contributed by atoms with Crippen molar-refractivity contribution in [1.29, 1.82) is 0 Å². The van der Waals surface area contributed by atoms with Crippen LogP contribution in [0.15, 0.2) is 53.7 Å². The van der Waals surface area contributed by atoms with Gasteiger partial charge in [0.2, 0.25) is 5.91 Å². The smallest absolute Gasteiger partial charge is 0.222 e. The standard InChI is InChI=1S/C20H20F2N2O2/c1-2-20(25)24(12-14-3-7-16(21)8-4-14)13-18-11-19(23-26-18)15-5-9-17(22)10-6-15/h3-10,18H,2,11-13H2,1H3. The summed E-state index contributed by atoms with van der Waals surface area (Å²) in [4.78, 5) is 19.4. The highest BCUT2D eigenvalue weighted by atomic mass is 19.1. The lowest BCUT2D eigenvalue weighted by atomic mass is 10.0. The number of halogens is 2. The predicted molar refractivity (Wildman–Crippen MR) is 94.5 cm³/mol. The zero-order valence-corrected chi connectivity index (χ0v) is 14.5. The Kier molecular flexibility index (Phi) is 5.61. The molecule has 0 bridgehead atoms. The molecule has 136 valence electrons. The highest BCUT2D eigenvalue weighted by Crippen LogP contribution is 2.19. The Hall–Kier alpha value is -2.76. The molecule has 6 heteroatoms. The Balaban J connectivity index is 1.63. The van der Waals surface area contributed by atoms with Crippen molar-refractivity contribution in [1.82, 2.24) is 4.90 Å². The normalized spacial score (nSPS) is 16.1. The molecule has 0 saturated carbocycles. The van der Waals surface area contributed by atoms with Crippen LogP contribution in [0, 0.1) is 11.6 Å². The zero-order chi connectivity index (χ0) is 18.5. The van der Waals surface area contributed by atoms with Crippen molar-refractivity contribution in [2.45, 2.75) is 32.4 Å². The second-order valence-corrected chi connectivity index (χ2v) is 6.23. The molecule has 2 aromatic rings. The molecular formula is C20H20F2N2O2. The molecule has 1 unspecified atom stereocenters. The first kappa shape index (κ1) is 18.0. The summed E-state index contributed by atoms with van der Waals surface area (Å²) in [6, 6.07) is 12.2. The van der Waals surface area contributed by atoms with Gasteiger partial charge in [-0.2, -0.15) is 0 Å². The average Bonchev–Trinajstić information content (AvgIpc) is 3.11. The van der Waals surface area contributed by atoms with E-state index < -0.39 is 0 Å². The summed E-state index contributed by atoms with van der Waals surface area (Å²) in [5, 5.41) is 4.08. The van der Waals surface area contributed by atoms with Crippen LogP contribution >= 0.6 is 0 Å². The number of nitrogens with zero attached hydrogens (tertiary/aromatic N) is 2. The largest absolute Gasteiger partial charge is 0.390 e. The van der Waals surface area contributed by atoms with E-state index in [1.807, 2.05) is 0 Å². The number of carbonyl (C=O) groups excluding carboxylic acids is 1. The number of amides is 1. The number of benzene rings is 2. The number of oxime groups is 1. The molecule has 4 nitrogen and oxygen atoms in total. The van der Waals surface area contributed by atoms with Gasteiger partial charge in [-0.15, -0.1) is 0 Å². The van der Waals surface area contributed by atoms with E-state index >= 15 is 0 Å². The van der Waals surface area contributed by atoms with Crippen molar-refractivity contribution in [2.75, 3.05) is 6.54 Å². The molecule has 1 aliphatic rings. The van der Waals surface area contributed by atoms with Crippen molar-refractivity contribution >= 4 is 11.6 Å². The maximum atomic E-state index is 13.1. The molecule has 1 heterocycles. The summed E-state index contributed by atoms with van der Waals surface area (Å²) >= 11 is 0. The third kappa shape index (κ3) is 4.45. The fraction of sp³-hybridized carbons (Fsp3) is 0.300. The molecule has 1 amide bonds. The van der Waals surface area contributed by atoms with E-state index in [9.17, 15) is 13.6 Å². The van der Waals surface area contributed by atoms with Crippen LogP contribution in [0.3, 0.4) is 0 Å². The summed E-state index contributed by atoms with van der Waals surface area (Å²) in [6.07, 6.45) is 0.660. The van der Waals surface area contributed by atoms with Gasteiger partial charge in [0, 0.05) is 19.4 Å². The molecule has 3 rings (SSSR count). The molecule has 0 spiro atoms. The van der Waals surface area contributed by atoms with Crippen LogP contribution in [0.25, 0.3) is 0 Å². The van der Waals surface area contributed by atoms with Gasteiger partial charge in [0.05, 0.1) is 12.3 Å². The Morgan fingerprint density at radius 2 is 1.73 bits per heavy atom. The Morgan fingerprint density at radius 3 is 2.35 bits per heavy atom. The fourth-order valence-electron chi connectivity index (χ4n) is 2.87. The lowest BCUT2D eigenvalue weighted by Gasteiger charge is -2.24. The van der Waals surface area contributed by atoms with Gasteiger partial charge in [0.25, 0.3) is 0 Å². The highest BCUT2D eigenvalue weighted by molar-refractivity contribution is 6.01. The van der Waals surface area contributed by atoms with Crippen molar-refractivity contribution in [3.63, 3.8) is 0 Å². The monoisotopic (exact) mass is 358 g/mol. The van der Waals surface area contributed by atoms with Crippen molar-refractivity contribution in [2.24, 2.45) is 5.16 Å². The Morgan fingerprint density at radius 1 is 1.12 bits per heavy atom. The second-order valence-electron chi connectivity index (χ2n) is 6.23. The van der Waals surface area contributed by atoms with Gasteiger partial charge in [-0.1, -0.05) is 36.3 Å². The summed E-state index contributed by atoms with van der Waals surface area (Å²) in [5.41, 5.74) is 2.40. The van der Waals surface area contributed by atoms with E-state index in [0.717, 1.165) is 16.8 Å². The summed E-state index contributed by atoms with van der Waals surface area (Å²) < 4.78 is 26.1. The van der Waals surface area contributed by atoms with Crippen LogP contribution in [0.1, 0.15) is 30.9 Å². The van der Waals surface area contributed by atoms with Crippen molar-refractivity contribution in [3.05, 3.63) is 71.3 Å². The first-order valence-corrected chi connectivity index (χ1v) is 8.56. The van der Waals surface area contributed by atoms with Gasteiger partial charge in [0.1, 0.15) is 11.6 Å².